The summed E-state index contributed by atoms with van der Waals surface area (Å²) in [6.07, 6.45) is 7.77. The third-order valence-electron chi connectivity index (χ3n) is 7.29. The van der Waals surface area contributed by atoms with Gasteiger partial charge in [0.05, 0.1) is 14.2 Å². The molecule has 32 heavy (non-hydrogen) atoms. The number of carbonyl (C=O) groups excluding carboxylic acids is 2. The molecule has 0 aromatic heterocycles. The van der Waals surface area contributed by atoms with Crippen molar-refractivity contribution in [2.45, 2.75) is 103 Å². The van der Waals surface area contributed by atoms with Gasteiger partial charge < -0.3 is 18.9 Å². The number of fused-ring (bicyclic) bond motifs is 3. The Labute approximate surface area is 191 Å². The maximum absolute atomic E-state index is 11.5. The van der Waals surface area contributed by atoms with Gasteiger partial charge in [-0.15, -0.1) is 0 Å². The molecular weight excluding hydrogens is 408 g/mol. The fourth-order valence-corrected chi connectivity index (χ4v) is 5.02. The van der Waals surface area contributed by atoms with Crippen LogP contribution in [-0.2, 0) is 31.9 Å². The molecule has 6 nitrogen and oxygen atoms in total. The van der Waals surface area contributed by atoms with E-state index < -0.39 is 0 Å². The second-order valence-corrected chi connectivity index (χ2v) is 9.83. The van der Waals surface area contributed by atoms with Crippen LogP contribution in [0.3, 0.4) is 0 Å². The van der Waals surface area contributed by atoms with Gasteiger partial charge >= 0.3 is 11.9 Å². The van der Waals surface area contributed by atoms with Gasteiger partial charge in [0.1, 0.15) is 22.7 Å². The Bertz CT molecular complexity index is 805. The average molecular weight is 447 g/mol. The Hall–Kier alpha value is -2.24. The summed E-state index contributed by atoms with van der Waals surface area (Å²) in [5.41, 5.74) is 4.29. The van der Waals surface area contributed by atoms with Crippen LogP contribution in [0.5, 0.6) is 11.5 Å². The quantitative estimate of drug-likeness (QED) is 0.514. The van der Waals surface area contributed by atoms with E-state index in [9.17, 15) is 9.59 Å². The third kappa shape index (κ3) is 5.21. The van der Waals surface area contributed by atoms with Crippen molar-refractivity contribution >= 4 is 11.9 Å². The Balaban J connectivity index is 1.76. The minimum atomic E-state index is -0.273. The summed E-state index contributed by atoms with van der Waals surface area (Å²) in [7, 11) is 2.86. The van der Waals surface area contributed by atoms with Crippen LogP contribution in [0.15, 0.2) is 0 Å². The Morgan fingerprint density at radius 1 is 0.781 bits per heavy atom. The van der Waals surface area contributed by atoms with Crippen LogP contribution in [0.1, 0.15) is 87.5 Å². The van der Waals surface area contributed by atoms with Crippen molar-refractivity contribution in [1.82, 2.24) is 0 Å². The fraction of sp³-hybridized carbons (Fsp3) is 0.692. The molecule has 0 fully saturated rings. The first-order valence-corrected chi connectivity index (χ1v) is 11.8. The zero-order chi connectivity index (χ0) is 23.5. The van der Waals surface area contributed by atoms with Gasteiger partial charge in [-0.05, 0) is 90.2 Å². The van der Waals surface area contributed by atoms with E-state index in [0.29, 0.717) is 12.8 Å². The topological polar surface area (TPSA) is 71.1 Å². The molecule has 2 aliphatic heterocycles. The number of methoxy groups -OCH3 is 2. The molecule has 178 valence electrons. The van der Waals surface area contributed by atoms with Gasteiger partial charge in [-0.3, -0.25) is 9.59 Å². The molecule has 0 amide bonds. The zero-order valence-electron chi connectivity index (χ0n) is 20.5. The highest BCUT2D eigenvalue weighted by atomic mass is 16.5. The van der Waals surface area contributed by atoms with Crippen LogP contribution >= 0.6 is 0 Å². The molecule has 0 saturated heterocycles. The molecule has 6 heteroatoms. The summed E-state index contributed by atoms with van der Waals surface area (Å²) in [6, 6.07) is 0. The maximum Gasteiger partial charge on any atom is 0.305 e. The highest BCUT2D eigenvalue weighted by molar-refractivity contribution is 5.69. The van der Waals surface area contributed by atoms with Crippen LogP contribution in [-0.4, -0.2) is 37.4 Å². The monoisotopic (exact) mass is 446 g/mol. The molecule has 0 bridgehead atoms. The van der Waals surface area contributed by atoms with E-state index in [0.717, 1.165) is 74.0 Å². The standard InChI is InChI=1S/C26H38O6/c1-17-18(2)24-20(12-16-26(4,32-24)14-8-10-22(28)30-6)19-11-15-25(3,31-23(17)19)13-7-9-21(27)29-5/h7-16H2,1-6H3. The summed E-state index contributed by atoms with van der Waals surface area (Å²) in [5, 5.41) is 0. The van der Waals surface area contributed by atoms with E-state index in [1.165, 1.54) is 25.3 Å². The number of carbonyl (C=O) groups is 2. The van der Waals surface area contributed by atoms with E-state index in [1.54, 1.807) is 0 Å². The number of hydrogen-bond acceptors (Lipinski definition) is 6. The molecule has 0 radical (unpaired) electrons. The summed E-state index contributed by atoms with van der Waals surface area (Å²) in [5.74, 6) is 1.67. The average Bonchev–Trinajstić information content (AvgIpc) is 2.77. The molecule has 1 aromatic rings. The number of ether oxygens (including phenoxy) is 4. The van der Waals surface area contributed by atoms with Crippen LogP contribution in [0, 0.1) is 13.8 Å². The second kappa shape index (κ2) is 9.72. The van der Waals surface area contributed by atoms with Gasteiger partial charge in [0, 0.05) is 24.0 Å². The van der Waals surface area contributed by atoms with Crippen molar-refractivity contribution in [3.8, 4) is 11.5 Å². The Morgan fingerprint density at radius 3 is 1.50 bits per heavy atom. The zero-order valence-corrected chi connectivity index (χ0v) is 20.5. The van der Waals surface area contributed by atoms with Gasteiger partial charge in [0.2, 0.25) is 0 Å². The second-order valence-electron chi connectivity index (χ2n) is 9.83. The smallest absolute Gasteiger partial charge is 0.305 e. The summed E-state index contributed by atoms with van der Waals surface area (Å²) in [4.78, 5) is 23.0. The van der Waals surface area contributed by atoms with Gasteiger partial charge in [0.25, 0.3) is 0 Å². The van der Waals surface area contributed by atoms with Gasteiger partial charge in [-0.25, -0.2) is 0 Å². The molecule has 2 atom stereocenters. The lowest BCUT2D eigenvalue weighted by molar-refractivity contribution is -0.141. The number of benzene rings is 1. The van der Waals surface area contributed by atoms with Crippen molar-refractivity contribution in [3.63, 3.8) is 0 Å². The van der Waals surface area contributed by atoms with Crippen LogP contribution < -0.4 is 9.47 Å². The molecule has 2 aliphatic rings. The van der Waals surface area contributed by atoms with E-state index in [4.69, 9.17) is 18.9 Å². The minimum Gasteiger partial charge on any atom is -0.487 e. The van der Waals surface area contributed by atoms with Gasteiger partial charge in [-0.2, -0.15) is 0 Å². The normalized spacial score (nSPS) is 23.9. The summed E-state index contributed by atoms with van der Waals surface area (Å²) >= 11 is 0. The van der Waals surface area contributed by atoms with Crippen molar-refractivity contribution in [2.24, 2.45) is 0 Å². The van der Waals surface area contributed by atoms with E-state index in [2.05, 4.69) is 27.7 Å². The van der Waals surface area contributed by atoms with Crippen LogP contribution in [0.4, 0.5) is 0 Å². The first-order valence-electron chi connectivity index (χ1n) is 11.8. The summed E-state index contributed by atoms with van der Waals surface area (Å²) < 4.78 is 22.8. The van der Waals surface area contributed by atoms with Crippen molar-refractivity contribution in [3.05, 3.63) is 22.3 Å². The highest BCUT2D eigenvalue weighted by Crippen LogP contribution is 2.49. The molecule has 0 aliphatic carbocycles. The molecule has 2 unspecified atom stereocenters. The maximum atomic E-state index is 11.5. The highest BCUT2D eigenvalue weighted by Gasteiger charge is 2.39. The minimum absolute atomic E-state index is 0.169. The SMILES string of the molecule is COC(=O)CCCC1(C)CCc2c3c(c(C)c(C)c2O1)OC(C)(CCCC(=O)OC)CC3. The number of hydrogen-bond donors (Lipinski definition) is 0. The van der Waals surface area contributed by atoms with Crippen LogP contribution in [0.2, 0.25) is 0 Å². The Morgan fingerprint density at radius 2 is 1.16 bits per heavy atom. The molecule has 1 aromatic carbocycles. The lowest BCUT2D eigenvalue weighted by atomic mass is 9.80. The largest absolute Gasteiger partial charge is 0.487 e. The number of esters is 2. The van der Waals surface area contributed by atoms with E-state index >= 15 is 0 Å². The summed E-state index contributed by atoms with van der Waals surface area (Å²) in [6.45, 7) is 8.52. The van der Waals surface area contributed by atoms with Gasteiger partial charge in [0.15, 0.2) is 0 Å². The first kappa shape index (κ1) is 24.4. The molecular formula is C26H38O6. The Kier molecular flexibility index (Phi) is 7.41. The molecule has 0 N–H and O–H groups in total. The lowest BCUT2D eigenvalue weighted by Crippen LogP contribution is -2.40. The van der Waals surface area contributed by atoms with E-state index in [-0.39, 0.29) is 23.1 Å². The van der Waals surface area contributed by atoms with Crippen molar-refractivity contribution in [2.75, 3.05) is 14.2 Å². The van der Waals surface area contributed by atoms with Crippen molar-refractivity contribution in [1.29, 1.82) is 0 Å². The van der Waals surface area contributed by atoms with Gasteiger partial charge in [-0.1, -0.05) is 0 Å². The lowest BCUT2D eigenvalue weighted by Gasteiger charge is -2.42. The number of rotatable bonds is 8. The predicted molar refractivity (Wildman–Crippen MR) is 122 cm³/mol. The molecule has 3 rings (SSSR count). The van der Waals surface area contributed by atoms with E-state index in [1.807, 2.05) is 0 Å². The predicted octanol–water partition coefficient (Wildman–Crippen LogP) is 5.16. The molecule has 2 heterocycles. The van der Waals surface area contributed by atoms with Crippen molar-refractivity contribution < 1.29 is 28.5 Å². The fourth-order valence-electron chi connectivity index (χ4n) is 5.02. The van der Waals surface area contributed by atoms with Crippen LogP contribution in [0.25, 0.3) is 0 Å². The molecule has 0 spiro atoms. The third-order valence-corrected chi connectivity index (χ3v) is 7.29. The molecule has 0 saturated carbocycles. The first-order chi connectivity index (χ1) is 15.1.